The number of nitrogens with one attached hydrogen (secondary N) is 3. The standard InChI is InChI=1S/C20H28FN5O2S/c21-16-11-14(23-5-6-26-7-9-28-10-8-26)12-17-19(16)20(27)25-18(24-17)13-29-15-1-3-22-4-2-15/h11-12,15,22-23H,1-10,13H2,(H,24,25,27). The molecule has 158 valence electrons. The number of hydrogen-bond donors (Lipinski definition) is 3. The van der Waals surface area contributed by atoms with E-state index in [0.29, 0.717) is 34.6 Å². The van der Waals surface area contributed by atoms with E-state index < -0.39 is 11.4 Å². The van der Waals surface area contributed by atoms with Gasteiger partial charge in [-0.05, 0) is 38.1 Å². The number of morpholine rings is 1. The van der Waals surface area contributed by atoms with E-state index in [9.17, 15) is 9.18 Å². The summed E-state index contributed by atoms with van der Waals surface area (Å²) in [5, 5.41) is 7.21. The number of aromatic nitrogens is 2. The Hall–Kier alpha value is -1.68. The van der Waals surface area contributed by atoms with Gasteiger partial charge >= 0.3 is 0 Å². The molecule has 2 aliphatic rings. The minimum atomic E-state index is -0.539. The molecule has 3 N–H and O–H groups in total. The smallest absolute Gasteiger partial charge is 0.261 e. The normalized spacial score (nSPS) is 18.9. The second-order valence-corrected chi connectivity index (χ2v) is 8.79. The fraction of sp³-hybridized carbons (Fsp3) is 0.600. The molecule has 0 aliphatic carbocycles. The summed E-state index contributed by atoms with van der Waals surface area (Å²) in [5.41, 5.74) is 0.648. The highest BCUT2D eigenvalue weighted by atomic mass is 32.2. The summed E-state index contributed by atoms with van der Waals surface area (Å²) in [4.78, 5) is 22.0. The summed E-state index contributed by atoms with van der Waals surface area (Å²) < 4.78 is 19.9. The Morgan fingerprint density at radius 2 is 2.07 bits per heavy atom. The summed E-state index contributed by atoms with van der Waals surface area (Å²) >= 11 is 1.81. The van der Waals surface area contributed by atoms with Gasteiger partial charge in [0.1, 0.15) is 17.0 Å². The first-order chi connectivity index (χ1) is 14.2. The molecular weight excluding hydrogens is 393 g/mol. The highest BCUT2D eigenvalue weighted by molar-refractivity contribution is 7.99. The van der Waals surface area contributed by atoms with Gasteiger partial charge < -0.3 is 20.4 Å². The number of ether oxygens (including phenoxy) is 1. The molecule has 29 heavy (non-hydrogen) atoms. The maximum absolute atomic E-state index is 14.6. The Morgan fingerprint density at radius 3 is 2.86 bits per heavy atom. The Kier molecular flexibility index (Phi) is 7.02. The first-order valence-corrected chi connectivity index (χ1v) is 11.3. The number of rotatable bonds is 7. The number of nitrogens with zero attached hydrogens (tertiary/aromatic N) is 2. The van der Waals surface area contributed by atoms with Gasteiger partial charge in [-0.25, -0.2) is 9.37 Å². The van der Waals surface area contributed by atoms with Crippen LogP contribution in [0, 0.1) is 5.82 Å². The fourth-order valence-corrected chi connectivity index (χ4v) is 4.88. The van der Waals surface area contributed by atoms with Gasteiger partial charge in [0, 0.05) is 37.1 Å². The lowest BCUT2D eigenvalue weighted by atomic mass is 10.2. The maximum atomic E-state index is 14.6. The molecule has 3 heterocycles. The van der Waals surface area contributed by atoms with Crippen LogP contribution in [0.1, 0.15) is 18.7 Å². The molecule has 9 heteroatoms. The van der Waals surface area contributed by atoms with Crippen molar-refractivity contribution in [1.29, 1.82) is 0 Å². The van der Waals surface area contributed by atoms with Crippen molar-refractivity contribution in [3.63, 3.8) is 0 Å². The van der Waals surface area contributed by atoms with Crippen molar-refractivity contribution >= 4 is 28.4 Å². The Balaban J connectivity index is 1.43. The largest absolute Gasteiger partial charge is 0.384 e. The van der Waals surface area contributed by atoms with Gasteiger partial charge in [0.2, 0.25) is 0 Å². The van der Waals surface area contributed by atoms with E-state index in [0.717, 1.165) is 58.8 Å². The van der Waals surface area contributed by atoms with Crippen LogP contribution in [0.25, 0.3) is 10.9 Å². The lowest BCUT2D eigenvalue weighted by molar-refractivity contribution is 0.0398. The van der Waals surface area contributed by atoms with Crippen molar-refractivity contribution < 1.29 is 9.13 Å². The van der Waals surface area contributed by atoms with Gasteiger partial charge in [-0.15, -0.1) is 0 Å². The molecule has 2 saturated heterocycles. The predicted molar refractivity (Wildman–Crippen MR) is 115 cm³/mol. The van der Waals surface area contributed by atoms with E-state index in [1.165, 1.54) is 6.07 Å². The van der Waals surface area contributed by atoms with Crippen molar-refractivity contribution in [2.24, 2.45) is 0 Å². The lowest BCUT2D eigenvalue weighted by Gasteiger charge is -2.26. The molecule has 0 amide bonds. The average molecular weight is 422 g/mol. The van der Waals surface area contributed by atoms with Crippen molar-refractivity contribution in [2.45, 2.75) is 23.8 Å². The second-order valence-electron chi connectivity index (χ2n) is 7.51. The highest BCUT2D eigenvalue weighted by Crippen LogP contribution is 2.24. The third kappa shape index (κ3) is 5.48. The first kappa shape index (κ1) is 20.6. The van der Waals surface area contributed by atoms with E-state index in [1.807, 2.05) is 11.8 Å². The van der Waals surface area contributed by atoms with Crippen molar-refractivity contribution in [1.82, 2.24) is 20.2 Å². The van der Waals surface area contributed by atoms with E-state index in [1.54, 1.807) is 6.07 Å². The molecule has 7 nitrogen and oxygen atoms in total. The zero-order chi connectivity index (χ0) is 20.1. The van der Waals surface area contributed by atoms with E-state index in [4.69, 9.17) is 4.74 Å². The molecule has 0 unspecified atom stereocenters. The van der Waals surface area contributed by atoms with Crippen molar-refractivity contribution in [3.8, 4) is 0 Å². The van der Waals surface area contributed by atoms with Gasteiger partial charge in [0.15, 0.2) is 0 Å². The summed E-state index contributed by atoms with van der Waals surface area (Å²) in [7, 11) is 0. The van der Waals surface area contributed by atoms with Crippen LogP contribution in [0.3, 0.4) is 0 Å². The predicted octanol–water partition coefficient (Wildman–Crippen LogP) is 1.79. The molecule has 0 radical (unpaired) electrons. The van der Waals surface area contributed by atoms with Crippen LogP contribution in [-0.4, -0.2) is 72.6 Å². The van der Waals surface area contributed by atoms with Gasteiger partial charge in [-0.2, -0.15) is 11.8 Å². The SMILES string of the molecule is O=c1[nH]c(CSC2CCNCC2)nc2cc(NCCN3CCOCC3)cc(F)c12. The topological polar surface area (TPSA) is 82.3 Å². The summed E-state index contributed by atoms with van der Waals surface area (Å²) in [6.07, 6.45) is 2.24. The Morgan fingerprint density at radius 1 is 1.28 bits per heavy atom. The lowest BCUT2D eigenvalue weighted by Crippen LogP contribution is -2.39. The van der Waals surface area contributed by atoms with Crippen molar-refractivity contribution in [3.05, 3.63) is 34.1 Å². The number of piperidine rings is 1. The second kappa shape index (κ2) is 9.88. The minimum absolute atomic E-state index is 0.0272. The van der Waals surface area contributed by atoms with Crippen LogP contribution in [0.2, 0.25) is 0 Å². The van der Waals surface area contributed by atoms with Crippen LogP contribution >= 0.6 is 11.8 Å². The molecule has 0 saturated carbocycles. The molecule has 1 aromatic heterocycles. The summed E-state index contributed by atoms with van der Waals surface area (Å²) in [6.45, 7) is 6.99. The van der Waals surface area contributed by atoms with E-state index in [2.05, 4.69) is 25.5 Å². The van der Waals surface area contributed by atoms with Crippen molar-refractivity contribution in [2.75, 3.05) is 57.8 Å². The molecule has 2 aromatic rings. The van der Waals surface area contributed by atoms with E-state index >= 15 is 0 Å². The Labute approximate surface area is 173 Å². The summed E-state index contributed by atoms with van der Waals surface area (Å²) in [5.74, 6) is 0.699. The van der Waals surface area contributed by atoms with Crippen LogP contribution in [0.5, 0.6) is 0 Å². The van der Waals surface area contributed by atoms with Gasteiger partial charge in [0.05, 0.1) is 24.5 Å². The van der Waals surface area contributed by atoms with Gasteiger partial charge in [0.25, 0.3) is 5.56 Å². The number of anilines is 1. The average Bonchev–Trinajstić information content (AvgIpc) is 2.73. The maximum Gasteiger partial charge on any atom is 0.261 e. The minimum Gasteiger partial charge on any atom is -0.384 e. The number of thioether (sulfide) groups is 1. The molecule has 1 aromatic carbocycles. The highest BCUT2D eigenvalue weighted by Gasteiger charge is 2.16. The number of hydrogen-bond acceptors (Lipinski definition) is 7. The molecule has 0 bridgehead atoms. The number of fused-ring (bicyclic) bond motifs is 1. The van der Waals surface area contributed by atoms with E-state index in [-0.39, 0.29) is 5.39 Å². The molecular formula is C20H28FN5O2S. The number of benzene rings is 1. The molecule has 2 fully saturated rings. The monoisotopic (exact) mass is 421 g/mol. The van der Waals surface area contributed by atoms with Crippen LogP contribution in [0.4, 0.5) is 10.1 Å². The zero-order valence-electron chi connectivity index (χ0n) is 16.5. The molecule has 0 atom stereocenters. The number of aromatic amines is 1. The third-order valence-corrected chi connectivity index (χ3v) is 6.80. The summed E-state index contributed by atoms with van der Waals surface area (Å²) in [6, 6.07) is 3.15. The fourth-order valence-electron chi connectivity index (χ4n) is 3.78. The van der Waals surface area contributed by atoms with Gasteiger partial charge in [-0.1, -0.05) is 0 Å². The molecule has 2 aliphatic heterocycles. The third-order valence-electron chi connectivity index (χ3n) is 5.41. The quantitative estimate of drug-likeness (QED) is 0.629. The number of H-pyrrole nitrogens is 1. The van der Waals surface area contributed by atoms with Crippen LogP contribution in [-0.2, 0) is 10.5 Å². The zero-order valence-corrected chi connectivity index (χ0v) is 17.3. The van der Waals surface area contributed by atoms with Crippen LogP contribution in [0.15, 0.2) is 16.9 Å². The Bertz CT molecular complexity index is 881. The molecule has 4 rings (SSSR count). The molecule has 0 spiro atoms. The number of halogens is 1. The van der Waals surface area contributed by atoms with Gasteiger partial charge in [-0.3, -0.25) is 9.69 Å². The van der Waals surface area contributed by atoms with Crippen LogP contribution < -0.4 is 16.2 Å². The first-order valence-electron chi connectivity index (χ1n) is 10.3.